The number of nitrogens with zero attached hydrogens (tertiary/aromatic N) is 2. The predicted octanol–water partition coefficient (Wildman–Crippen LogP) is 3.90. The lowest BCUT2D eigenvalue weighted by Gasteiger charge is -2.05. The molecule has 4 heteroatoms. The Labute approximate surface area is 140 Å². The number of amides is 1. The lowest BCUT2D eigenvalue weighted by atomic mass is 10.0. The summed E-state index contributed by atoms with van der Waals surface area (Å²) in [4.78, 5) is 16.2. The number of nitrogens with one attached hydrogen (secondary N) is 1. The maximum atomic E-state index is 12.2. The van der Waals surface area contributed by atoms with E-state index in [4.69, 9.17) is 0 Å². The maximum Gasteiger partial charge on any atom is 0.271 e. The number of pyridine rings is 1. The molecule has 0 radical (unpaired) electrons. The lowest BCUT2D eigenvalue weighted by Crippen LogP contribution is -2.19. The van der Waals surface area contributed by atoms with Crippen molar-refractivity contribution in [3.63, 3.8) is 0 Å². The number of hydrazone groups is 1. The van der Waals surface area contributed by atoms with Gasteiger partial charge in [-0.05, 0) is 36.2 Å². The van der Waals surface area contributed by atoms with Crippen molar-refractivity contribution in [2.75, 3.05) is 0 Å². The van der Waals surface area contributed by atoms with Crippen LogP contribution in [0.25, 0.3) is 11.1 Å². The molecular formula is C20H17N3O. The van der Waals surface area contributed by atoms with Crippen LogP contribution in [0.1, 0.15) is 22.8 Å². The van der Waals surface area contributed by atoms with Gasteiger partial charge in [0.25, 0.3) is 5.91 Å². The average molecular weight is 315 g/mol. The third-order valence-corrected chi connectivity index (χ3v) is 3.66. The zero-order valence-electron chi connectivity index (χ0n) is 13.3. The molecule has 1 aromatic heterocycles. The molecule has 3 rings (SSSR count). The molecule has 1 amide bonds. The number of aromatic nitrogens is 1. The van der Waals surface area contributed by atoms with E-state index >= 15 is 0 Å². The van der Waals surface area contributed by atoms with Crippen molar-refractivity contribution in [3.8, 4) is 11.1 Å². The largest absolute Gasteiger partial charge is 0.271 e. The summed E-state index contributed by atoms with van der Waals surface area (Å²) in [7, 11) is 0. The molecule has 3 aromatic rings. The van der Waals surface area contributed by atoms with Gasteiger partial charge in [-0.3, -0.25) is 9.78 Å². The van der Waals surface area contributed by atoms with Crippen LogP contribution >= 0.6 is 0 Å². The summed E-state index contributed by atoms with van der Waals surface area (Å²) in [5, 5.41) is 4.13. The molecule has 118 valence electrons. The van der Waals surface area contributed by atoms with Gasteiger partial charge >= 0.3 is 0 Å². The third kappa shape index (κ3) is 3.73. The molecule has 1 N–H and O–H groups in total. The van der Waals surface area contributed by atoms with Crippen molar-refractivity contribution in [1.82, 2.24) is 10.4 Å². The van der Waals surface area contributed by atoms with Gasteiger partial charge in [0.15, 0.2) is 0 Å². The van der Waals surface area contributed by atoms with Crippen LogP contribution in [-0.2, 0) is 0 Å². The highest BCUT2D eigenvalue weighted by molar-refractivity contribution is 6.00. The Hall–Kier alpha value is -3.27. The predicted molar refractivity (Wildman–Crippen MR) is 95.8 cm³/mol. The van der Waals surface area contributed by atoms with Crippen LogP contribution in [-0.4, -0.2) is 16.6 Å². The van der Waals surface area contributed by atoms with Gasteiger partial charge in [-0.25, -0.2) is 5.43 Å². The molecule has 1 heterocycles. The fraction of sp³-hybridized carbons (Fsp3) is 0.0500. The maximum absolute atomic E-state index is 12.2. The Balaban J connectivity index is 1.70. The first-order valence-corrected chi connectivity index (χ1v) is 7.64. The van der Waals surface area contributed by atoms with Crippen molar-refractivity contribution in [3.05, 3.63) is 90.3 Å². The summed E-state index contributed by atoms with van der Waals surface area (Å²) >= 11 is 0. The first-order chi connectivity index (χ1) is 11.7. The minimum absolute atomic E-state index is 0.238. The van der Waals surface area contributed by atoms with Gasteiger partial charge in [0, 0.05) is 23.5 Å². The second-order valence-corrected chi connectivity index (χ2v) is 5.32. The summed E-state index contributed by atoms with van der Waals surface area (Å²) in [6, 6.07) is 21.2. The van der Waals surface area contributed by atoms with Crippen molar-refractivity contribution in [2.45, 2.75) is 6.92 Å². The Morgan fingerprint density at radius 2 is 1.58 bits per heavy atom. The summed E-state index contributed by atoms with van der Waals surface area (Å²) in [6.07, 6.45) is 3.41. The highest BCUT2D eigenvalue weighted by Crippen LogP contribution is 2.19. The molecule has 0 aliphatic rings. The van der Waals surface area contributed by atoms with Crippen LogP contribution in [0.4, 0.5) is 0 Å². The minimum Gasteiger partial charge on any atom is -0.267 e. The van der Waals surface area contributed by atoms with E-state index in [1.807, 2.05) is 61.5 Å². The fourth-order valence-corrected chi connectivity index (χ4v) is 2.29. The van der Waals surface area contributed by atoms with Gasteiger partial charge in [0.1, 0.15) is 0 Å². The van der Waals surface area contributed by atoms with Crippen LogP contribution in [0.3, 0.4) is 0 Å². The van der Waals surface area contributed by atoms with E-state index in [9.17, 15) is 4.79 Å². The molecule has 0 saturated carbocycles. The first-order valence-electron chi connectivity index (χ1n) is 7.64. The Bertz CT molecular complexity index is 841. The number of carbonyl (C=O) groups is 1. The highest BCUT2D eigenvalue weighted by Gasteiger charge is 2.05. The van der Waals surface area contributed by atoms with E-state index < -0.39 is 0 Å². The summed E-state index contributed by atoms with van der Waals surface area (Å²) in [6.45, 7) is 1.83. The second kappa shape index (κ2) is 7.33. The van der Waals surface area contributed by atoms with Gasteiger partial charge in [0.2, 0.25) is 0 Å². The number of carbonyl (C=O) groups excluding carboxylic acids is 1. The fourth-order valence-electron chi connectivity index (χ4n) is 2.29. The van der Waals surface area contributed by atoms with Crippen LogP contribution in [0, 0.1) is 0 Å². The van der Waals surface area contributed by atoms with Gasteiger partial charge in [-0.2, -0.15) is 5.10 Å². The first kappa shape index (κ1) is 15.6. The van der Waals surface area contributed by atoms with E-state index in [0.717, 1.165) is 16.7 Å². The monoisotopic (exact) mass is 315 g/mol. The summed E-state index contributed by atoms with van der Waals surface area (Å²) < 4.78 is 0. The zero-order valence-corrected chi connectivity index (χ0v) is 13.3. The Morgan fingerprint density at radius 1 is 0.875 bits per heavy atom. The standard InChI is InChI=1S/C20H17N3O/c1-15(19-8-5-13-21-14-19)22-23-20(24)18-11-9-17(10-12-18)16-6-3-2-4-7-16/h2-14H,1H3,(H,23,24). The molecule has 0 bridgehead atoms. The third-order valence-electron chi connectivity index (χ3n) is 3.66. The Kier molecular flexibility index (Phi) is 4.77. The number of rotatable bonds is 4. The second-order valence-electron chi connectivity index (χ2n) is 5.32. The lowest BCUT2D eigenvalue weighted by molar-refractivity contribution is 0.0955. The van der Waals surface area contributed by atoms with Crippen molar-refractivity contribution in [2.24, 2.45) is 5.10 Å². The topological polar surface area (TPSA) is 54.4 Å². The molecule has 24 heavy (non-hydrogen) atoms. The van der Waals surface area contributed by atoms with Crippen LogP contribution in [0.15, 0.2) is 84.2 Å². The summed E-state index contributed by atoms with van der Waals surface area (Å²) in [5.41, 5.74) is 6.91. The average Bonchev–Trinajstić information content (AvgIpc) is 2.67. The molecule has 0 unspecified atom stereocenters. The number of benzene rings is 2. The molecule has 2 aromatic carbocycles. The molecule has 0 fully saturated rings. The number of hydrogen-bond acceptors (Lipinski definition) is 3. The van der Waals surface area contributed by atoms with E-state index in [-0.39, 0.29) is 5.91 Å². The number of hydrogen-bond donors (Lipinski definition) is 1. The molecule has 0 spiro atoms. The van der Waals surface area contributed by atoms with Crippen LogP contribution < -0.4 is 5.43 Å². The van der Waals surface area contributed by atoms with Crippen molar-refractivity contribution >= 4 is 11.6 Å². The minimum atomic E-state index is -0.238. The van der Waals surface area contributed by atoms with Gasteiger partial charge in [-0.1, -0.05) is 48.5 Å². The molecule has 0 saturated heterocycles. The van der Waals surface area contributed by atoms with E-state index in [0.29, 0.717) is 11.3 Å². The van der Waals surface area contributed by atoms with E-state index in [2.05, 4.69) is 15.5 Å². The molecule has 0 atom stereocenters. The van der Waals surface area contributed by atoms with Gasteiger partial charge < -0.3 is 0 Å². The zero-order chi connectivity index (χ0) is 16.8. The van der Waals surface area contributed by atoms with E-state index in [1.165, 1.54) is 0 Å². The van der Waals surface area contributed by atoms with Crippen molar-refractivity contribution in [1.29, 1.82) is 0 Å². The Morgan fingerprint density at radius 3 is 2.25 bits per heavy atom. The normalized spacial score (nSPS) is 11.1. The highest BCUT2D eigenvalue weighted by atomic mass is 16.2. The van der Waals surface area contributed by atoms with E-state index in [1.54, 1.807) is 24.5 Å². The summed E-state index contributed by atoms with van der Waals surface area (Å²) in [5.74, 6) is -0.238. The molecule has 0 aliphatic carbocycles. The smallest absolute Gasteiger partial charge is 0.267 e. The quantitative estimate of drug-likeness (QED) is 0.586. The van der Waals surface area contributed by atoms with Gasteiger partial charge in [-0.15, -0.1) is 0 Å². The van der Waals surface area contributed by atoms with Crippen LogP contribution in [0.5, 0.6) is 0 Å². The van der Waals surface area contributed by atoms with Crippen molar-refractivity contribution < 1.29 is 4.79 Å². The van der Waals surface area contributed by atoms with Gasteiger partial charge in [0.05, 0.1) is 5.71 Å². The SMILES string of the molecule is CC(=NNC(=O)c1ccc(-c2ccccc2)cc1)c1cccnc1. The molecular weight excluding hydrogens is 298 g/mol. The molecule has 0 aliphatic heterocycles. The van der Waals surface area contributed by atoms with Crippen LogP contribution in [0.2, 0.25) is 0 Å². The molecule has 4 nitrogen and oxygen atoms in total.